The van der Waals surface area contributed by atoms with Crippen molar-refractivity contribution in [3.63, 3.8) is 0 Å². The minimum Gasteiger partial charge on any atom is -0.478 e. The molecule has 0 atom stereocenters. The van der Waals surface area contributed by atoms with Crippen LogP contribution in [0.15, 0.2) is 24.3 Å². The lowest BCUT2D eigenvalue weighted by Gasteiger charge is -2.22. The standard InChI is InChI=1S/C11H14O3/c1-11(2,7-12)9-5-3-4-8(6-9)10(13)14/h3-6,12H,7H2,1-2H3,(H,13,14). The number of carbonyl (C=O) groups is 1. The van der Waals surface area contributed by atoms with Gasteiger partial charge in [0.25, 0.3) is 0 Å². The fraction of sp³-hybridized carbons (Fsp3) is 0.364. The average molecular weight is 194 g/mol. The molecule has 0 saturated heterocycles. The molecule has 3 heteroatoms. The Labute approximate surface area is 83.0 Å². The molecule has 1 aromatic carbocycles. The van der Waals surface area contributed by atoms with Gasteiger partial charge < -0.3 is 10.2 Å². The molecule has 1 aromatic rings. The Balaban J connectivity index is 3.12. The van der Waals surface area contributed by atoms with Crippen molar-refractivity contribution < 1.29 is 15.0 Å². The van der Waals surface area contributed by atoms with Gasteiger partial charge in [-0.05, 0) is 17.7 Å². The summed E-state index contributed by atoms with van der Waals surface area (Å²) in [5, 5.41) is 17.9. The van der Waals surface area contributed by atoms with E-state index in [1.165, 1.54) is 0 Å². The van der Waals surface area contributed by atoms with Gasteiger partial charge >= 0.3 is 5.97 Å². The number of carboxylic acids is 1. The largest absolute Gasteiger partial charge is 0.478 e. The molecule has 0 saturated carbocycles. The summed E-state index contributed by atoms with van der Waals surface area (Å²) in [6, 6.07) is 6.65. The molecule has 3 nitrogen and oxygen atoms in total. The van der Waals surface area contributed by atoms with Gasteiger partial charge in [0.15, 0.2) is 0 Å². The van der Waals surface area contributed by atoms with E-state index in [2.05, 4.69) is 0 Å². The zero-order valence-electron chi connectivity index (χ0n) is 8.32. The van der Waals surface area contributed by atoms with E-state index < -0.39 is 11.4 Å². The molecular weight excluding hydrogens is 180 g/mol. The molecule has 0 unspecified atom stereocenters. The molecule has 0 bridgehead atoms. The second-order valence-electron chi connectivity index (χ2n) is 3.93. The molecular formula is C11H14O3. The third kappa shape index (κ3) is 2.12. The van der Waals surface area contributed by atoms with Gasteiger partial charge in [0.05, 0.1) is 12.2 Å². The van der Waals surface area contributed by atoms with Crippen LogP contribution in [0, 0.1) is 0 Å². The molecule has 0 aliphatic heterocycles. The van der Waals surface area contributed by atoms with Crippen molar-refractivity contribution in [2.24, 2.45) is 0 Å². The van der Waals surface area contributed by atoms with Crippen LogP contribution in [0.3, 0.4) is 0 Å². The number of hydrogen-bond acceptors (Lipinski definition) is 2. The molecule has 0 aliphatic rings. The molecule has 0 amide bonds. The minimum atomic E-state index is -0.944. The molecule has 0 fully saturated rings. The van der Waals surface area contributed by atoms with Crippen LogP contribution >= 0.6 is 0 Å². The fourth-order valence-electron chi connectivity index (χ4n) is 1.16. The molecule has 2 N–H and O–H groups in total. The number of aliphatic hydroxyl groups is 1. The van der Waals surface area contributed by atoms with Crippen LogP contribution in [-0.2, 0) is 5.41 Å². The minimum absolute atomic E-state index is 0.00390. The highest BCUT2D eigenvalue weighted by Crippen LogP contribution is 2.22. The lowest BCUT2D eigenvalue weighted by Crippen LogP contribution is -2.22. The van der Waals surface area contributed by atoms with Crippen LogP contribution < -0.4 is 0 Å². The summed E-state index contributed by atoms with van der Waals surface area (Å²) >= 11 is 0. The summed E-state index contributed by atoms with van der Waals surface area (Å²) in [4.78, 5) is 10.7. The highest BCUT2D eigenvalue weighted by molar-refractivity contribution is 5.87. The van der Waals surface area contributed by atoms with Crippen molar-refractivity contribution in [3.05, 3.63) is 35.4 Å². The Bertz CT molecular complexity index is 342. The zero-order chi connectivity index (χ0) is 10.8. The molecule has 0 heterocycles. The van der Waals surface area contributed by atoms with Gasteiger partial charge in [-0.25, -0.2) is 4.79 Å². The summed E-state index contributed by atoms with van der Waals surface area (Å²) in [6.45, 7) is 3.73. The lowest BCUT2D eigenvalue weighted by molar-refractivity contribution is 0.0696. The molecule has 0 aromatic heterocycles. The van der Waals surface area contributed by atoms with E-state index in [-0.39, 0.29) is 12.2 Å². The number of carboxylic acid groups (broad SMARTS) is 1. The first kappa shape index (κ1) is 10.7. The Hall–Kier alpha value is -1.35. The second-order valence-corrected chi connectivity index (χ2v) is 3.93. The van der Waals surface area contributed by atoms with Crippen molar-refractivity contribution in [1.82, 2.24) is 0 Å². The zero-order valence-corrected chi connectivity index (χ0v) is 8.32. The van der Waals surface area contributed by atoms with Gasteiger partial charge in [-0.1, -0.05) is 26.0 Å². The van der Waals surface area contributed by atoms with Crippen LogP contribution in [0.1, 0.15) is 29.8 Å². The predicted molar refractivity (Wildman–Crippen MR) is 53.5 cm³/mol. The van der Waals surface area contributed by atoms with E-state index in [4.69, 9.17) is 10.2 Å². The maximum Gasteiger partial charge on any atom is 0.335 e. The number of benzene rings is 1. The normalized spacial score (nSPS) is 11.4. The maximum absolute atomic E-state index is 10.7. The summed E-state index contributed by atoms with van der Waals surface area (Å²) < 4.78 is 0. The Morgan fingerprint density at radius 1 is 1.43 bits per heavy atom. The number of aliphatic hydroxyl groups excluding tert-OH is 1. The monoisotopic (exact) mass is 194 g/mol. The second kappa shape index (κ2) is 3.80. The van der Waals surface area contributed by atoms with Crippen molar-refractivity contribution in [2.75, 3.05) is 6.61 Å². The SMILES string of the molecule is CC(C)(CO)c1cccc(C(=O)O)c1. The van der Waals surface area contributed by atoms with Gasteiger partial charge in [-0.15, -0.1) is 0 Å². The topological polar surface area (TPSA) is 57.5 Å². The summed E-state index contributed by atoms with van der Waals surface area (Å²) in [6.07, 6.45) is 0. The highest BCUT2D eigenvalue weighted by Gasteiger charge is 2.20. The van der Waals surface area contributed by atoms with E-state index >= 15 is 0 Å². The van der Waals surface area contributed by atoms with Crippen LogP contribution in [-0.4, -0.2) is 22.8 Å². The number of hydrogen-bond donors (Lipinski definition) is 2. The average Bonchev–Trinajstić information content (AvgIpc) is 2.18. The van der Waals surface area contributed by atoms with Crippen molar-refractivity contribution in [2.45, 2.75) is 19.3 Å². The first-order chi connectivity index (χ1) is 6.47. The van der Waals surface area contributed by atoms with E-state index in [1.807, 2.05) is 19.9 Å². The van der Waals surface area contributed by atoms with Gasteiger partial charge in [-0.3, -0.25) is 0 Å². The molecule has 1 rings (SSSR count). The first-order valence-corrected chi connectivity index (χ1v) is 4.42. The number of aromatic carboxylic acids is 1. The van der Waals surface area contributed by atoms with E-state index in [0.717, 1.165) is 5.56 Å². The van der Waals surface area contributed by atoms with E-state index in [0.29, 0.717) is 0 Å². The van der Waals surface area contributed by atoms with Crippen molar-refractivity contribution >= 4 is 5.97 Å². The smallest absolute Gasteiger partial charge is 0.335 e. The van der Waals surface area contributed by atoms with Crippen LogP contribution in [0.2, 0.25) is 0 Å². The van der Waals surface area contributed by atoms with Gasteiger partial charge in [0.2, 0.25) is 0 Å². The maximum atomic E-state index is 10.7. The summed E-state index contributed by atoms with van der Waals surface area (Å²) in [7, 11) is 0. The van der Waals surface area contributed by atoms with E-state index in [9.17, 15) is 4.79 Å². The Kier molecular flexibility index (Phi) is 2.91. The van der Waals surface area contributed by atoms with Crippen LogP contribution in [0.25, 0.3) is 0 Å². The van der Waals surface area contributed by atoms with Crippen molar-refractivity contribution in [1.29, 1.82) is 0 Å². The Morgan fingerprint density at radius 2 is 2.07 bits per heavy atom. The summed E-state index contributed by atoms with van der Waals surface area (Å²) in [5.41, 5.74) is 0.690. The highest BCUT2D eigenvalue weighted by atomic mass is 16.4. The predicted octanol–water partition coefficient (Wildman–Crippen LogP) is 1.65. The molecule has 0 spiro atoms. The first-order valence-electron chi connectivity index (χ1n) is 4.42. The molecule has 0 radical (unpaired) electrons. The molecule has 76 valence electrons. The van der Waals surface area contributed by atoms with Gasteiger partial charge in [0, 0.05) is 5.41 Å². The third-order valence-corrected chi connectivity index (χ3v) is 2.29. The summed E-state index contributed by atoms with van der Waals surface area (Å²) in [5.74, 6) is -0.944. The van der Waals surface area contributed by atoms with Crippen LogP contribution in [0.4, 0.5) is 0 Å². The van der Waals surface area contributed by atoms with Gasteiger partial charge in [0.1, 0.15) is 0 Å². The van der Waals surface area contributed by atoms with Crippen LogP contribution in [0.5, 0.6) is 0 Å². The molecule has 14 heavy (non-hydrogen) atoms. The quantitative estimate of drug-likeness (QED) is 0.769. The van der Waals surface area contributed by atoms with E-state index in [1.54, 1.807) is 18.2 Å². The lowest BCUT2D eigenvalue weighted by atomic mass is 9.85. The Morgan fingerprint density at radius 3 is 2.57 bits per heavy atom. The fourth-order valence-corrected chi connectivity index (χ4v) is 1.16. The van der Waals surface area contributed by atoms with Gasteiger partial charge in [-0.2, -0.15) is 0 Å². The van der Waals surface area contributed by atoms with Crippen molar-refractivity contribution in [3.8, 4) is 0 Å². The third-order valence-electron chi connectivity index (χ3n) is 2.29. The number of rotatable bonds is 3. The molecule has 0 aliphatic carbocycles.